The zero-order valence-corrected chi connectivity index (χ0v) is 9.89. The fourth-order valence-electron chi connectivity index (χ4n) is 2.09. The van der Waals surface area contributed by atoms with Gasteiger partial charge in [0, 0.05) is 19.0 Å². The number of hydrogen-bond acceptors (Lipinski definition) is 5. The molecule has 1 aromatic heterocycles. The lowest BCUT2D eigenvalue weighted by molar-refractivity contribution is 0.264. The van der Waals surface area contributed by atoms with Crippen LogP contribution in [0.1, 0.15) is 37.9 Å². The van der Waals surface area contributed by atoms with Crippen LogP contribution >= 0.6 is 0 Å². The van der Waals surface area contributed by atoms with Gasteiger partial charge in [-0.2, -0.15) is 4.98 Å². The van der Waals surface area contributed by atoms with Gasteiger partial charge in [0.15, 0.2) is 5.82 Å². The summed E-state index contributed by atoms with van der Waals surface area (Å²) in [6.45, 7) is 6.57. The van der Waals surface area contributed by atoms with Gasteiger partial charge in [-0.1, -0.05) is 5.16 Å². The summed E-state index contributed by atoms with van der Waals surface area (Å²) in [6.07, 6.45) is 1.56. The van der Waals surface area contributed by atoms with Crippen LogP contribution in [-0.2, 0) is 6.42 Å². The predicted octanol–water partition coefficient (Wildman–Crippen LogP) is 0.802. The summed E-state index contributed by atoms with van der Waals surface area (Å²) in [4.78, 5) is 6.73. The summed E-state index contributed by atoms with van der Waals surface area (Å²) in [7, 11) is 0. The molecule has 1 unspecified atom stereocenters. The highest BCUT2D eigenvalue weighted by atomic mass is 16.5. The van der Waals surface area contributed by atoms with E-state index in [0.29, 0.717) is 24.2 Å². The van der Waals surface area contributed by atoms with Crippen molar-refractivity contribution in [1.82, 2.24) is 15.0 Å². The van der Waals surface area contributed by atoms with Crippen molar-refractivity contribution < 1.29 is 9.63 Å². The summed E-state index contributed by atoms with van der Waals surface area (Å²) in [5.41, 5.74) is 0. The Hall–Kier alpha value is -0.940. The Balaban J connectivity index is 1.97. The Morgan fingerprint density at radius 1 is 1.56 bits per heavy atom. The molecular weight excluding hydrogens is 206 g/mol. The van der Waals surface area contributed by atoms with E-state index in [1.165, 1.54) is 0 Å². The highest BCUT2D eigenvalue weighted by Gasteiger charge is 2.29. The molecular formula is C11H19N3O2. The van der Waals surface area contributed by atoms with Gasteiger partial charge in [0.25, 0.3) is 0 Å². The fourth-order valence-corrected chi connectivity index (χ4v) is 2.09. The van der Waals surface area contributed by atoms with Crippen LogP contribution in [0.15, 0.2) is 4.52 Å². The minimum Gasteiger partial charge on any atom is -0.396 e. The molecule has 90 valence electrons. The second-order valence-corrected chi connectivity index (χ2v) is 4.60. The summed E-state index contributed by atoms with van der Waals surface area (Å²) >= 11 is 0. The number of hydrogen-bond donors (Lipinski definition) is 1. The van der Waals surface area contributed by atoms with Crippen molar-refractivity contribution in [3.8, 4) is 0 Å². The first-order valence-electron chi connectivity index (χ1n) is 5.88. The Labute approximate surface area is 95.4 Å². The Morgan fingerprint density at radius 2 is 2.38 bits per heavy atom. The van der Waals surface area contributed by atoms with E-state index >= 15 is 0 Å². The maximum atomic E-state index is 8.78. The summed E-state index contributed by atoms with van der Waals surface area (Å²) in [5, 5.41) is 12.6. The second kappa shape index (κ2) is 4.93. The maximum Gasteiger partial charge on any atom is 0.231 e. The van der Waals surface area contributed by atoms with Crippen molar-refractivity contribution >= 4 is 0 Å². The van der Waals surface area contributed by atoms with Gasteiger partial charge < -0.3 is 14.5 Å². The summed E-state index contributed by atoms with van der Waals surface area (Å²) in [5.74, 6) is 1.70. The molecule has 0 saturated carbocycles. The molecule has 16 heavy (non-hydrogen) atoms. The largest absolute Gasteiger partial charge is 0.396 e. The summed E-state index contributed by atoms with van der Waals surface area (Å²) in [6, 6.07) is 0.574. The molecule has 0 bridgehead atoms. The van der Waals surface area contributed by atoms with Gasteiger partial charge in [-0.3, -0.25) is 0 Å². The average molecular weight is 225 g/mol. The lowest BCUT2D eigenvalue weighted by atomic mass is 10.1. The molecule has 1 aliphatic rings. The number of nitrogens with zero attached hydrogens (tertiary/aromatic N) is 3. The highest BCUT2D eigenvalue weighted by Crippen LogP contribution is 2.26. The third kappa shape index (κ3) is 2.41. The number of aromatic nitrogens is 2. The zero-order valence-electron chi connectivity index (χ0n) is 9.89. The van der Waals surface area contributed by atoms with Gasteiger partial charge in [0.1, 0.15) is 0 Å². The zero-order chi connectivity index (χ0) is 11.5. The van der Waals surface area contributed by atoms with Gasteiger partial charge in [0.2, 0.25) is 5.89 Å². The maximum absolute atomic E-state index is 8.78. The van der Waals surface area contributed by atoms with Crippen LogP contribution in [0, 0.1) is 0 Å². The van der Waals surface area contributed by atoms with E-state index in [1.54, 1.807) is 0 Å². The Bertz CT molecular complexity index is 338. The van der Waals surface area contributed by atoms with Gasteiger partial charge >= 0.3 is 0 Å². The number of aliphatic hydroxyl groups is 1. The van der Waals surface area contributed by atoms with E-state index in [9.17, 15) is 0 Å². The minimum absolute atomic E-state index is 0.0712. The smallest absolute Gasteiger partial charge is 0.231 e. The molecule has 1 N–H and O–H groups in total. The van der Waals surface area contributed by atoms with Gasteiger partial charge in [-0.15, -0.1) is 0 Å². The molecule has 5 nitrogen and oxygen atoms in total. The second-order valence-electron chi connectivity index (χ2n) is 4.60. The average Bonchev–Trinajstić information content (AvgIpc) is 2.84. The monoisotopic (exact) mass is 225 g/mol. The molecule has 1 atom stereocenters. The predicted molar refractivity (Wildman–Crippen MR) is 59.2 cm³/mol. The van der Waals surface area contributed by atoms with Crippen molar-refractivity contribution in [3.63, 3.8) is 0 Å². The number of rotatable bonds is 4. The molecule has 1 aromatic rings. The SMILES string of the molecule is CC(C)N1CCC(c2nc(CCO)no2)C1. The third-order valence-corrected chi connectivity index (χ3v) is 3.12. The first kappa shape index (κ1) is 11.5. The Morgan fingerprint density at radius 3 is 3.00 bits per heavy atom. The molecule has 0 aliphatic carbocycles. The molecule has 1 saturated heterocycles. The van der Waals surface area contributed by atoms with Crippen molar-refractivity contribution in [2.75, 3.05) is 19.7 Å². The lowest BCUT2D eigenvalue weighted by Crippen LogP contribution is -2.27. The van der Waals surface area contributed by atoms with Gasteiger partial charge in [0.05, 0.1) is 12.5 Å². The lowest BCUT2D eigenvalue weighted by Gasteiger charge is -2.19. The third-order valence-electron chi connectivity index (χ3n) is 3.12. The molecule has 0 spiro atoms. The van der Waals surface area contributed by atoms with Crippen molar-refractivity contribution in [3.05, 3.63) is 11.7 Å². The van der Waals surface area contributed by atoms with E-state index < -0.39 is 0 Å². The quantitative estimate of drug-likeness (QED) is 0.821. The van der Waals surface area contributed by atoms with Crippen LogP contribution < -0.4 is 0 Å². The molecule has 1 fully saturated rings. The minimum atomic E-state index is 0.0712. The number of likely N-dealkylation sites (tertiary alicyclic amines) is 1. The van der Waals surface area contributed by atoms with Crippen molar-refractivity contribution in [2.24, 2.45) is 0 Å². The molecule has 0 amide bonds. The first-order chi connectivity index (χ1) is 7.70. The van der Waals surface area contributed by atoms with Gasteiger partial charge in [-0.25, -0.2) is 0 Å². The molecule has 0 radical (unpaired) electrons. The first-order valence-corrected chi connectivity index (χ1v) is 5.88. The van der Waals surface area contributed by atoms with Crippen LogP contribution in [0.5, 0.6) is 0 Å². The van der Waals surface area contributed by atoms with E-state index in [4.69, 9.17) is 9.63 Å². The van der Waals surface area contributed by atoms with Crippen LogP contribution in [0.2, 0.25) is 0 Å². The van der Waals surface area contributed by atoms with E-state index in [1.807, 2.05) is 0 Å². The van der Waals surface area contributed by atoms with Crippen LogP contribution in [0.4, 0.5) is 0 Å². The standard InChI is InChI=1S/C11H19N3O2/c1-8(2)14-5-3-9(7-14)11-12-10(4-6-15)13-16-11/h8-9,15H,3-7H2,1-2H3. The van der Waals surface area contributed by atoms with Crippen LogP contribution in [0.3, 0.4) is 0 Å². The van der Waals surface area contributed by atoms with Crippen LogP contribution in [0.25, 0.3) is 0 Å². The van der Waals surface area contributed by atoms with Crippen molar-refractivity contribution in [2.45, 2.75) is 38.6 Å². The molecule has 2 heterocycles. The molecule has 1 aliphatic heterocycles. The van der Waals surface area contributed by atoms with E-state index in [-0.39, 0.29) is 6.61 Å². The highest BCUT2D eigenvalue weighted by molar-refractivity contribution is 4.99. The Kier molecular flexibility index (Phi) is 3.56. The van der Waals surface area contributed by atoms with Gasteiger partial charge in [-0.05, 0) is 26.8 Å². The topological polar surface area (TPSA) is 62.4 Å². The summed E-state index contributed by atoms with van der Waals surface area (Å²) < 4.78 is 5.23. The molecule has 0 aromatic carbocycles. The number of aliphatic hydroxyl groups excluding tert-OH is 1. The van der Waals surface area contributed by atoms with Crippen molar-refractivity contribution in [1.29, 1.82) is 0 Å². The van der Waals surface area contributed by atoms with Crippen LogP contribution in [-0.4, -0.2) is 45.9 Å². The molecule has 5 heteroatoms. The van der Waals surface area contributed by atoms with E-state index in [0.717, 1.165) is 25.4 Å². The molecule has 2 rings (SSSR count). The fraction of sp³-hybridized carbons (Fsp3) is 0.818. The van der Waals surface area contributed by atoms with E-state index in [2.05, 4.69) is 28.9 Å². The normalized spacial score (nSPS) is 22.1.